The number of benzene rings is 1. The molecular formula is C14H12ClN3O2. The summed E-state index contributed by atoms with van der Waals surface area (Å²) in [5, 5.41) is 5.56. The summed E-state index contributed by atoms with van der Waals surface area (Å²) in [6.45, 7) is 0. The van der Waals surface area contributed by atoms with Gasteiger partial charge in [-0.25, -0.2) is 4.98 Å². The third kappa shape index (κ3) is 3.33. The summed E-state index contributed by atoms with van der Waals surface area (Å²) in [5.41, 5.74) is 1.53. The van der Waals surface area contributed by atoms with E-state index >= 15 is 0 Å². The number of carbonyl (C=O) groups excluding carboxylic acids is 2. The molecule has 0 aliphatic carbocycles. The van der Waals surface area contributed by atoms with Crippen molar-refractivity contribution in [1.29, 1.82) is 0 Å². The topological polar surface area (TPSA) is 71.1 Å². The lowest BCUT2D eigenvalue weighted by Gasteiger charge is -2.06. The van der Waals surface area contributed by atoms with Crippen LogP contribution in [0.1, 0.15) is 20.7 Å². The number of hydrogen-bond donors (Lipinski definition) is 2. The highest BCUT2D eigenvalue weighted by Gasteiger charge is 2.07. The fraction of sp³-hybridized carbons (Fsp3) is 0.0714. The van der Waals surface area contributed by atoms with Crippen molar-refractivity contribution in [3.63, 3.8) is 0 Å². The van der Waals surface area contributed by atoms with Gasteiger partial charge in [-0.15, -0.1) is 0 Å². The Labute approximate surface area is 121 Å². The van der Waals surface area contributed by atoms with E-state index in [4.69, 9.17) is 11.6 Å². The number of aromatic nitrogens is 1. The maximum Gasteiger partial charge on any atom is 0.257 e. The molecule has 0 saturated carbocycles. The number of nitrogens with zero attached hydrogens (tertiary/aromatic N) is 1. The van der Waals surface area contributed by atoms with Crippen molar-refractivity contribution in [2.75, 3.05) is 12.4 Å². The van der Waals surface area contributed by atoms with Crippen LogP contribution in [0.15, 0.2) is 42.6 Å². The molecule has 0 aliphatic rings. The molecule has 0 aliphatic heterocycles. The first-order chi connectivity index (χ1) is 9.60. The molecule has 0 spiro atoms. The Bertz CT molecular complexity index is 624. The second-order valence-electron chi connectivity index (χ2n) is 3.98. The molecule has 1 aromatic carbocycles. The molecule has 2 rings (SSSR count). The Hall–Kier alpha value is -2.40. The highest BCUT2D eigenvalue weighted by atomic mass is 35.5. The number of halogens is 1. The molecule has 0 atom stereocenters. The van der Waals surface area contributed by atoms with Crippen molar-refractivity contribution in [2.24, 2.45) is 0 Å². The predicted molar refractivity (Wildman–Crippen MR) is 77.0 cm³/mol. The Morgan fingerprint density at radius 1 is 1.00 bits per heavy atom. The number of amides is 2. The molecule has 2 N–H and O–H groups in total. The summed E-state index contributed by atoms with van der Waals surface area (Å²) < 4.78 is 0. The standard InChI is InChI=1S/C14H12ClN3O2/c1-16-13(19)9-2-5-11(6-3-9)18-14(20)10-4-7-12(15)17-8-10/h2-8H,1H3,(H,16,19)(H,18,20). The van der Waals surface area contributed by atoms with Crippen LogP contribution >= 0.6 is 11.6 Å². The van der Waals surface area contributed by atoms with Gasteiger partial charge in [0.15, 0.2) is 0 Å². The van der Waals surface area contributed by atoms with E-state index in [-0.39, 0.29) is 11.8 Å². The van der Waals surface area contributed by atoms with Crippen molar-refractivity contribution in [2.45, 2.75) is 0 Å². The molecule has 2 amide bonds. The zero-order valence-electron chi connectivity index (χ0n) is 10.7. The van der Waals surface area contributed by atoms with Gasteiger partial charge < -0.3 is 10.6 Å². The van der Waals surface area contributed by atoms with Crippen LogP contribution in [0.4, 0.5) is 5.69 Å². The molecular weight excluding hydrogens is 278 g/mol. The van der Waals surface area contributed by atoms with Crippen LogP contribution in [0.25, 0.3) is 0 Å². The van der Waals surface area contributed by atoms with E-state index in [1.165, 1.54) is 6.20 Å². The lowest BCUT2D eigenvalue weighted by molar-refractivity contribution is 0.0962. The third-order valence-electron chi connectivity index (χ3n) is 2.62. The van der Waals surface area contributed by atoms with Crippen LogP contribution in [-0.2, 0) is 0 Å². The SMILES string of the molecule is CNC(=O)c1ccc(NC(=O)c2ccc(Cl)nc2)cc1. The van der Waals surface area contributed by atoms with Crippen LogP contribution in [0, 0.1) is 0 Å². The third-order valence-corrected chi connectivity index (χ3v) is 2.85. The summed E-state index contributed by atoms with van der Waals surface area (Å²) in [7, 11) is 1.56. The second-order valence-corrected chi connectivity index (χ2v) is 4.37. The van der Waals surface area contributed by atoms with Gasteiger partial charge in [0.05, 0.1) is 5.56 Å². The van der Waals surface area contributed by atoms with Crippen LogP contribution in [0.5, 0.6) is 0 Å². The fourth-order valence-corrected chi connectivity index (χ4v) is 1.67. The molecule has 0 unspecified atom stereocenters. The van der Waals surface area contributed by atoms with Crippen molar-refractivity contribution in [1.82, 2.24) is 10.3 Å². The van der Waals surface area contributed by atoms with Gasteiger partial charge in [0, 0.05) is 24.5 Å². The van der Waals surface area contributed by atoms with E-state index in [0.29, 0.717) is 22.0 Å². The van der Waals surface area contributed by atoms with Gasteiger partial charge in [0.2, 0.25) is 0 Å². The summed E-state index contributed by atoms with van der Waals surface area (Å²) in [6, 6.07) is 9.72. The summed E-state index contributed by atoms with van der Waals surface area (Å²) in [5.74, 6) is -0.466. The largest absolute Gasteiger partial charge is 0.355 e. The molecule has 1 aromatic heterocycles. The highest BCUT2D eigenvalue weighted by Crippen LogP contribution is 2.12. The van der Waals surface area contributed by atoms with E-state index in [2.05, 4.69) is 15.6 Å². The first kappa shape index (κ1) is 14.0. The number of anilines is 1. The fourth-order valence-electron chi connectivity index (χ4n) is 1.56. The minimum atomic E-state index is -0.290. The van der Waals surface area contributed by atoms with Gasteiger partial charge in [-0.2, -0.15) is 0 Å². The first-order valence-electron chi connectivity index (χ1n) is 5.85. The zero-order valence-corrected chi connectivity index (χ0v) is 11.4. The molecule has 1 heterocycles. The highest BCUT2D eigenvalue weighted by molar-refractivity contribution is 6.29. The van der Waals surface area contributed by atoms with E-state index in [1.54, 1.807) is 43.4 Å². The predicted octanol–water partition coefficient (Wildman–Crippen LogP) is 2.35. The van der Waals surface area contributed by atoms with Gasteiger partial charge in [-0.3, -0.25) is 9.59 Å². The maximum absolute atomic E-state index is 11.9. The molecule has 6 heteroatoms. The van der Waals surface area contributed by atoms with Crippen molar-refractivity contribution in [3.8, 4) is 0 Å². The molecule has 102 valence electrons. The summed E-state index contributed by atoms with van der Waals surface area (Å²) in [6.07, 6.45) is 1.40. The Kier molecular flexibility index (Phi) is 4.32. The Morgan fingerprint density at radius 2 is 1.65 bits per heavy atom. The first-order valence-corrected chi connectivity index (χ1v) is 6.23. The monoisotopic (exact) mass is 289 g/mol. The Morgan fingerprint density at radius 3 is 2.20 bits per heavy atom. The van der Waals surface area contributed by atoms with E-state index < -0.39 is 0 Å². The van der Waals surface area contributed by atoms with Gasteiger partial charge in [0.1, 0.15) is 5.15 Å². The number of carbonyl (C=O) groups is 2. The number of nitrogens with one attached hydrogen (secondary N) is 2. The number of hydrogen-bond acceptors (Lipinski definition) is 3. The molecule has 0 radical (unpaired) electrons. The molecule has 0 fully saturated rings. The molecule has 5 nitrogen and oxygen atoms in total. The van der Waals surface area contributed by atoms with Gasteiger partial charge in [0.25, 0.3) is 11.8 Å². The lowest BCUT2D eigenvalue weighted by Crippen LogP contribution is -2.17. The van der Waals surface area contributed by atoms with Crippen LogP contribution in [0.2, 0.25) is 5.15 Å². The van der Waals surface area contributed by atoms with Gasteiger partial charge in [-0.05, 0) is 36.4 Å². The van der Waals surface area contributed by atoms with Crippen LogP contribution < -0.4 is 10.6 Å². The van der Waals surface area contributed by atoms with E-state index in [1.807, 2.05) is 0 Å². The molecule has 20 heavy (non-hydrogen) atoms. The average Bonchev–Trinajstić information content (AvgIpc) is 2.48. The minimum absolute atomic E-state index is 0.176. The normalized spacial score (nSPS) is 9.90. The van der Waals surface area contributed by atoms with Crippen molar-refractivity contribution < 1.29 is 9.59 Å². The summed E-state index contributed by atoms with van der Waals surface area (Å²) in [4.78, 5) is 27.1. The average molecular weight is 290 g/mol. The van der Waals surface area contributed by atoms with Gasteiger partial charge >= 0.3 is 0 Å². The molecule has 2 aromatic rings. The second kappa shape index (κ2) is 6.16. The van der Waals surface area contributed by atoms with Crippen LogP contribution in [0.3, 0.4) is 0 Å². The van der Waals surface area contributed by atoms with Crippen molar-refractivity contribution in [3.05, 3.63) is 58.9 Å². The minimum Gasteiger partial charge on any atom is -0.355 e. The lowest BCUT2D eigenvalue weighted by atomic mass is 10.2. The van der Waals surface area contributed by atoms with Gasteiger partial charge in [-0.1, -0.05) is 11.6 Å². The van der Waals surface area contributed by atoms with E-state index in [9.17, 15) is 9.59 Å². The maximum atomic E-state index is 11.9. The summed E-state index contributed by atoms with van der Waals surface area (Å²) >= 11 is 5.66. The smallest absolute Gasteiger partial charge is 0.257 e. The van der Waals surface area contributed by atoms with E-state index in [0.717, 1.165) is 0 Å². The quantitative estimate of drug-likeness (QED) is 0.852. The van der Waals surface area contributed by atoms with Crippen molar-refractivity contribution >= 4 is 29.1 Å². The zero-order chi connectivity index (χ0) is 14.5. The van der Waals surface area contributed by atoms with Crippen LogP contribution in [-0.4, -0.2) is 23.8 Å². The Balaban J connectivity index is 2.08. The number of pyridine rings is 1. The molecule has 0 bridgehead atoms. The molecule has 0 saturated heterocycles. The number of rotatable bonds is 3.